The van der Waals surface area contributed by atoms with Crippen LogP contribution in [0, 0.1) is 0 Å². The Labute approximate surface area is 205 Å². The predicted octanol–water partition coefficient (Wildman–Crippen LogP) is 2.82. The molecular formula is C25H32N6O4. The molecule has 10 heteroatoms. The molecule has 0 atom stereocenters. The predicted molar refractivity (Wildman–Crippen MR) is 130 cm³/mol. The fourth-order valence-electron chi connectivity index (χ4n) is 4.03. The van der Waals surface area contributed by atoms with Gasteiger partial charge in [-0.2, -0.15) is 4.68 Å². The lowest BCUT2D eigenvalue weighted by atomic mass is 10.1. The van der Waals surface area contributed by atoms with Crippen molar-refractivity contribution < 1.29 is 19.0 Å². The number of tetrazole rings is 1. The summed E-state index contributed by atoms with van der Waals surface area (Å²) in [7, 11) is 0. The third-order valence-electron chi connectivity index (χ3n) is 5.74. The van der Waals surface area contributed by atoms with Crippen molar-refractivity contribution in [1.82, 2.24) is 30.0 Å². The van der Waals surface area contributed by atoms with Crippen LogP contribution in [0.25, 0.3) is 5.69 Å². The van der Waals surface area contributed by atoms with Crippen molar-refractivity contribution in [2.75, 3.05) is 46.0 Å². The van der Waals surface area contributed by atoms with Gasteiger partial charge in [0.15, 0.2) is 17.3 Å². The molecule has 1 fully saturated rings. The van der Waals surface area contributed by atoms with Crippen LogP contribution < -0.4 is 14.2 Å². The number of hydrogen-bond donors (Lipinski definition) is 0. The summed E-state index contributed by atoms with van der Waals surface area (Å²) in [5, 5.41) is 12.2. The maximum atomic E-state index is 13.1. The normalized spacial score (nSPS) is 14.1. The van der Waals surface area contributed by atoms with E-state index in [1.54, 1.807) is 22.9 Å². The number of benzene rings is 2. The van der Waals surface area contributed by atoms with Gasteiger partial charge < -0.3 is 19.1 Å². The summed E-state index contributed by atoms with van der Waals surface area (Å²) in [6.07, 6.45) is 0. The minimum absolute atomic E-state index is 0.00660. The van der Waals surface area contributed by atoms with Crippen molar-refractivity contribution in [3.63, 3.8) is 0 Å². The number of carbonyl (C=O) groups is 1. The first-order chi connectivity index (χ1) is 17.1. The van der Waals surface area contributed by atoms with Crippen LogP contribution in [0.1, 0.15) is 37.0 Å². The van der Waals surface area contributed by atoms with Crippen molar-refractivity contribution in [2.24, 2.45) is 0 Å². The van der Waals surface area contributed by atoms with Gasteiger partial charge in [-0.15, -0.1) is 5.10 Å². The first kappa shape index (κ1) is 24.5. The third-order valence-corrected chi connectivity index (χ3v) is 5.74. The molecule has 0 N–H and O–H groups in total. The fraction of sp³-hybridized carbons (Fsp3) is 0.440. The van der Waals surface area contributed by atoms with Crippen LogP contribution in [-0.2, 0) is 6.54 Å². The molecule has 35 heavy (non-hydrogen) atoms. The Morgan fingerprint density at radius 3 is 2.23 bits per heavy atom. The second-order valence-corrected chi connectivity index (χ2v) is 8.03. The molecule has 0 aliphatic carbocycles. The van der Waals surface area contributed by atoms with Crippen LogP contribution in [0.4, 0.5) is 0 Å². The van der Waals surface area contributed by atoms with E-state index in [9.17, 15) is 4.79 Å². The monoisotopic (exact) mass is 480 g/mol. The van der Waals surface area contributed by atoms with Crippen molar-refractivity contribution >= 4 is 5.91 Å². The molecule has 10 nitrogen and oxygen atoms in total. The van der Waals surface area contributed by atoms with Gasteiger partial charge in [0.25, 0.3) is 5.91 Å². The van der Waals surface area contributed by atoms with Gasteiger partial charge in [0, 0.05) is 31.7 Å². The van der Waals surface area contributed by atoms with Crippen molar-refractivity contribution in [3.05, 3.63) is 53.9 Å². The Kier molecular flexibility index (Phi) is 8.15. The highest BCUT2D eigenvalue weighted by Crippen LogP contribution is 2.29. The summed E-state index contributed by atoms with van der Waals surface area (Å²) < 4.78 is 18.5. The van der Waals surface area contributed by atoms with Gasteiger partial charge in [-0.3, -0.25) is 9.69 Å². The number of amides is 1. The number of carbonyl (C=O) groups excluding carboxylic acids is 1. The van der Waals surface area contributed by atoms with E-state index in [1.807, 2.05) is 49.9 Å². The summed E-state index contributed by atoms with van der Waals surface area (Å²) in [4.78, 5) is 17.3. The lowest BCUT2D eigenvalue weighted by Gasteiger charge is -2.34. The van der Waals surface area contributed by atoms with Crippen LogP contribution in [0.3, 0.4) is 0 Å². The summed E-state index contributed by atoms with van der Waals surface area (Å²) >= 11 is 0. The van der Waals surface area contributed by atoms with Crippen molar-refractivity contribution in [2.45, 2.75) is 27.3 Å². The first-order valence-corrected chi connectivity index (χ1v) is 12.0. The second-order valence-electron chi connectivity index (χ2n) is 8.03. The van der Waals surface area contributed by atoms with Gasteiger partial charge in [0.1, 0.15) is 5.75 Å². The molecule has 0 bridgehead atoms. The molecule has 1 amide bonds. The Morgan fingerprint density at radius 2 is 1.54 bits per heavy atom. The molecule has 3 aromatic rings. The SMILES string of the molecule is CCOc1ccc(-n2nnnc2CN2CCN(C(=O)c3ccc(OCC)c(OCC)c3)CC2)cc1. The molecule has 4 rings (SSSR count). The highest BCUT2D eigenvalue weighted by molar-refractivity contribution is 5.95. The molecular weight excluding hydrogens is 448 g/mol. The lowest BCUT2D eigenvalue weighted by molar-refractivity contribution is 0.0624. The van der Waals surface area contributed by atoms with E-state index in [0.717, 1.165) is 30.4 Å². The van der Waals surface area contributed by atoms with E-state index < -0.39 is 0 Å². The molecule has 0 saturated carbocycles. The average molecular weight is 481 g/mol. The zero-order valence-corrected chi connectivity index (χ0v) is 20.5. The summed E-state index contributed by atoms with van der Waals surface area (Å²) in [5.74, 6) is 2.81. The Hall–Kier alpha value is -3.66. The molecule has 186 valence electrons. The number of hydrogen-bond acceptors (Lipinski definition) is 8. The van der Waals surface area contributed by atoms with Gasteiger partial charge in [0.05, 0.1) is 32.1 Å². The van der Waals surface area contributed by atoms with E-state index in [-0.39, 0.29) is 5.91 Å². The van der Waals surface area contributed by atoms with E-state index in [1.165, 1.54) is 0 Å². The van der Waals surface area contributed by atoms with Crippen LogP contribution in [0.2, 0.25) is 0 Å². The van der Waals surface area contributed by atoms with Crippen LogP contribution >= 0.6 is 0 Å². The van der Waals surface area contributed by atoms with Gasteiger partial charge >= 0.3 is 0 Å². The minimum Gasteiger partial charge on any atom is -0.494 e. The third kappa shape index (κ3) is 5.89. The zero-order valence-electron chi connectivity index (χ0n) is 20.5. The lowest BCUT2D eigenvalue weighted by Crippen LogP contribution is -2.48. The maximum absolute atomic E-state index is 13.1. The fourth-order valence-corrected chi connectivity index (χ4v) is 4.03. The molecule has 1 saturated heterocycles. The minimum atomic E-state index is -0.00660. The Bertz CT molecular complexity index is 1110. The number of nitrogens with zero attached hydrogens (tertiary/aromatic N) is 6. The topological polar surface area (TPSA) is 94.8 Å². The number of piperazine rings is 1. The standard InChI is InChI=1S/C25H32N6O4/c1-4-33-21-10-8-20(9-11-21)31-24(26-27-28-31)18-29-13-15-30(16-14-29)25(32)19-7-12-22(34-5-2)23(17-19)35-6-3/h7-12,17H,4-6,13-16,18H2,1-3H3. The van der Waals surface area contributed by atoms with E-state index in [2.05, 4.69) is 20.4 Å². The summed E-state index contributed by atoms with van der Waals surface area (Å²) in [6.45, 7) is 10.8. The second kappa shape index (κ2) is 11.7. The van der Waals surface area contributed by atoms with E-state index in [4.69, 9.17) is 14.2 Å². The average Bonchev–Trinajstić information content (AvgIpc) is 3.34. The van der Waals surface area contributed by atoms with E-state index in [0.29, 0.717) is 56.5 Å². The van der Waals surface area contributed by atoms with Crippen molar-refractivity contribution in [1.29, 1.82) is 0 Å². The Morgan fingerprint density at radius 1 is 0.857 bits per heavy atom. The van der Waals surface area contributed by atoms with Crippen LogP contribution in [-0.4, -0.2) is 81.9 Å². The number of aromatic nitrogens is 4. The largest absolute Gasteiger partial charge is 0.494 e. The maximum Gasteiger partial charge on any atom is 0.254 e. The number of ether oxygens (including phenoxy) is 3. The van der Waals surface area contributed by atoms with Gasteiger partial charge in [-0.25, -0.2) is 0 Å². The van der Waals surface area contributed by atoms with Gasteiger partial charge in [-0.05, 0) is 73.7 Å². The molecule has 1 aliphatic rings. The zero-order chi connectivity index (χ0) is 24.6. The smallest absolute Gasteiger partial charge is 0.254 e. The number of rotatable bonds is 10. The Balaban J connectivity index is 1.36. The first-order valence-electron chi connectivity index (χ1n) is 12.0. The summed E-state index contributed by atoms with van der Waals surface area (Å²) in [6, 6.07) is 13.1. The summed E-state index contributed by atoms with van der Waals surface area (Å²) in [5.41, 5.74) is 1.48. The molecule has 2 heterocycles. The highest BCUT2D eigenvalue weighted by Gasteiger charge is 2.24. The van der Waals surface area contributed by atoms with Crippen LogP contribution in [0.15, 0.2) is 42.5 Å². The molecule has 1 aliphatic heterocycles. The quantitative estimate of drug-likeness (QED) is 0.437. The van der Waals surface area contributed by atoms with Gasteiger partial charge in [0.2, 0.25) is 0 Å². The molecule has 1 aromatic heterocycles. The van der Waals surface area contributed by atoms with Crippen molar-refractivity contribution in [3.8, 4) is 22.9 Å². The van der Waals surface area contributed by atoms with Crippen LogP contribution in [0.5, 0.6) is 17.2 Å². The van der Waals surface area contributed by atoms with E-state index >= 15 is 0 Å². The molecule has 0 radical (unpaired) electrons. The highest BCUT2D eigenvalue weighted by atomic mass is 16.5. The molecule has 0 unspecified atom stereocenters. The van der Waals surface area contributed by atoms with Gasteiger partial charge in [-0.1, -0.05) is 0 Å². The molecule has 2 aromatic carbocycles. The molecule has 0 spiro atoms.